The third kappa shape index (κ3) is 2.93. The Morgan fingerprint density at radius 2 is 2.09 bits per heavy atom. The molecule has 0 saturated heterocycles. The van der Waals surface area contributed by atoms with Gasteiger partial charge in [-0.2, -0.15) is 5.10 Å². The van der Waals surface area contributed by atoms with Gasteiger partial charge in [0, 0.05) is 0 Å². The smallest absolute Gasteiger partial charge is 0.262 e. The third-order valence-corrected chi connectivity index (χ3v) is 3.52. The van der Waals surface area contributed by atoms with Gasteiger partial charge >= 0.3 is 0 Å². The zero-order valence-corrected chi connectivity index (χ0v) is 12.5. The molecule has 0 fully saturated rings. The van der Waals surface area contributed by atoms with E-state index in [9.17, 15) is 4.79 Å². The number of ether oxygens (including phenoxy) is 1. The normalized spacial score (nSPS) is 13.9. The van der Waals surface area contributed by atoms with Crippen molar-refractivity contribution in [2.24, 2.45) is 5.10 Å². The summed E-state index contributed by atoms with van der Waals surface area (Å²) in [7, 11) is 0. The molecule has 0 unspecified atom stereocenters. The molecular weight excluding hydrogens is 278 g/mol. The molecule has 1 heterocycles. The standard InChI is InChI=1S/C17H17N3O2/c1-11-5-3-4-6-14(11)20-19-12(2)13-7-8-16-15(9-13)18-17(21)10-22-16/h3-9,20H,10H2,1-2H3,(H,18,21)/b19-12-. The van der Waals surface area contributed by atoms with E-state index < -0.39 is 0 Å². The van der Waals surface area contributed by atoms with Crippen LogP contribution in [0.2, 0.25) is 0 Å². The zero-order valence-electron chi connectivity index (χ0n) is 12.5. The second kappa shape index (κ2) is 5.89. The number of nitrogens with zero attached hydrogens (tertiary/aromatic N) is 1. The summed E-state index contributed by atoms with van der Waals surface area (Å²) in [6.07, 6.45) is 0. The van der Waals surface area contributed by atoms with Gasteiger partial charge in [-0.3, -0.25) is 10.2 Å². The van der Waals surface area contributed by atoms with E-state index in [0.29, 0.717) is 11.4 Å². The van der Waals surface area contributed by atoms with E-state index in [0.717, 1.165) is 22.5 Å². The van der Waals surface area contributed by atoms with Crippen molar-refractivity contribution in [2.45, 2.75) is 13.8 Å². The highest BCUT2D eigenvalue weighted by atomic mass is 16.5. The summed E-state index contributed by atoms with van der Waals surface area (Å²) in [6, 6.07) is 13.6. The van der Waals surface area contributed by atoms with Crippen molar-refractivity contribution < 1.29 is 9.53 Å². The summed E-state index contributed by atoms with van der Waals surface area (Å²) in [5.74, 6) is 0.542. The van der Waals surface area contributed by atoms with E-state index in [-0.39, 0.29) is 12.5 Å². The van der Waals surface area contributed by atoms with Crippen LogP contribution in [0, 0.1) is 6.92 Å². The monoisotopic (exact) mass is 295 g/mol. The number of nitrogens with one attached hydrogen (secondary N) is 2. The predicted molar refractivity (Wildman–Crippen MR) is 87.6 cm³/mol. The molecule has 5 nitrogen and oxygen atoms in total. The summed E-state index contributed by atoms with van der Waals surface area (Å²) < 4.78 is 5.35. The maximum Gasteiger partial charge on any atom is 0.262 e. The molecule has 22 heavy (non-hydrogen) atoms. The highest BCUT2D eigenvalue weighted by molar-refractivity contribution is 6.02. The summed E-state index contributed by atoms with van der Waals surface area (Å²) in [5, 5.41) is 7.21. The van der Waals surface area contributed by atoms with E-state index >= 15 is 0 Å². The molecule has 2 N–H and O–H groups in total. The fraction of sp³-hybridized carbons (Fsp3) is 0.176. The number of amides is 1. The van der Waals surface area contributed by atoms with Crippen molar-refractivity contribution in [1.82, 2.24) is 0 Å². The topological polar surface area (TPSA) is 62.7 Å². The Labute approximate surface area is 129 Å². The van der Waals surface area contributed by atoms with Crippen molar-refractivity contribution in [3.05, 3.63) is 53.6 Å². The van der Waals surface area contributed by atoms with Gasteiger partial charge in [0.2, 0.25) is 0 Å². The summed E-state index contributed by atoms with van der Waals surface area (Å²) in [5.41, 5.74) is 7.59. The van der Waals surface area contributed by atoms with Crippen molar-refractivity contribution in [3.8, 4) is 5.75 Å². The van der Waals surface area contributed by atoms with Gasteiger partial charge in [-0.15, -0.1) is 0 Å². The largest absolute Gasteiger partial charge is 0.482 e. The number of rotatable bonds is 3. The number of carbonyl (C=O) groups is 1. The van der Waals surface area contributed by atoms with E-state index in [1.54, 1.807) is 0 Å². The third-order valence-electron chi connectivity index (χ3n) is 3.52. The fourth-order valence-corrected chi connectivity index (χ4v) is 2.22. The van der Waals surface area contributed by atoms with Crippen molar-refractivity contribution >= 4 is 23.0 Å². The number of fused-ring (bicyclic) bond motifs is 1. The van der Waals surface area contributed by atoms with Gasteiger partial charge < -0.3 is 10.1 Å². The molecule has 5 heteroatoms. The number of hydrazone groups is 1. The highest BCUT2D eigenvalue weighted by Gasteiger charge is 2.16. The van der Waals surface area contributed by atoms with Gasteiger partial charge in [0.25, 0.3) is 5.91 Å². The lowest BCUT2D eigenvalue weighted by Gasteiger charge is -2.18. The Bertz CT molecular complexity index is 753. The Morgan fingerprint density at radius 1 is 1.27 bits per heavy atom. The molecule has 0 spiro atoms. The van der Waals surface area contributed by atoms with Gasteiger partial charge in [-0.05, 0) is 49.2 Å². The second-order valence-electron chi connectivity index (χ2n) is 5.17. The van der Waals surface area contributed by atoms with Crippen LogP contribution in [-0.2, 0) is 4.79 Å². The van der Waals surface area contributed by atoms with Crippen molar-refractivity contribution in [1.29, 1.82) is 0 Å². The van der Waals surface area contributed by atoms with Crippen LogP contribution in [0.25, 0.3) is 0 Å². The van der Waals surface area contributed by atoms with Crippen LogP contribution in [0.1, 0.15) is 18.1 Å². The lowest BCUT2D eigenvalue weighted by molar-refractivity contribution is -0.118. The zero-order chi connectivity index (χ0) is 15.5. The minimum Gasteiger partial charge on any atom is -0.482 e. The fourth-order valence-electron chi connectivity index (χ4n) is 2.22. The first kappa shape index (κ1) is 14.1. The van der Waals surface area contributed by atoms with Crippen molar-refractivity contribution in [3.63, 3.8) is 0 Å². The maximum atomic E-state index is 11.4. The second-order valence-corrected chi connectivity index (χ2v) is 5.17. The molecule has 1 aliphatic heterocycles. The minimum absolute atomic E-state index is 0.0637. The van der Waals surface area contributed by atoms with Gasteiger partial charge in [-0.1, -0.05) is 18.2 Å². The van der Waals surface area contributed by atoms with Crippen LogP contribution in [0.3, 0.4) is 0 Å². The van der Waals surface area contributed by atoms with E-state index in [4.69, 9.17) is 4.74 Å². The number of aryl methyl sites for hydroxylation is 1. The van der Waals surface area contributed by atoms with E-state index in [1.807, 2.05) is 56.3 Å². The number of carbonyl (C=O) groups excluding carboxylic acids is 1. The Hall–Kier alpha value is -2.82. The molecule has 0 atom stereocenters. The molecule has 1 amide bonds. The lowest BCUT2D eigenvalue weighted by Crippen LogP contribution is -2.25. The molecule has 112 valence electrons. The molecule has 0 saturated carbocycles. The first-order valence-electron chi connectivity index (χ1n) is 7.06. The SMILES string of the molecule is C/C(=N/Nc1ccccc1C)c1ccc2c(c1)NC(=O)CO2. The number of benzene rings is 2. The molecule has 1 aliphatic rings. The molecule has 3 rings (SSSR count). The van der Waals surface area contributed by atoms with Crippen LogP contribution in [0.15, 0.2) is 47.6 Å². The van der Waals surface area contributed by atoms with Gasteiger partial charge in [0.15, 0.2) is 6.61 Å². The molecular formula is C17H17N3O2. The minimum atomic E-state index is -0.141. The number of anilines is 2. The summed E-state index contributed by atoms with van der Waals surface area (Å²) in [6.45, 7) is 4.01. The molecule has 2 aromatic carbocycles. The molecule has 0 bridgehead atoms. The van der Waals surface area contributed by atoms with Crippen LogP contribution in [0.5, 0.6) is 5.75 Å². The molecule has 0 aliphatic carbocycles. The van der Waals surface area contributed by atoms with Crippen LogP contribution < -0.4 is 15.5 Å². The van der Waals surface area contributed by atoms with Crippen LogP contribution in [0.4, 0.5) is 11.4 Å². The van der Waals surface area contributed by atoms with Crippen LogP contribution >= 0.6 is 0 Å². The Kier molecular flexibility index (Phi) is 3.78. The number of para-hydroxylation sites is 1. The number of hydrogen-bond donors (Lipinski definition) is 2. The first-order chi connectivity index (χ1) is 10.6. The molecule has 2 aromatic rings. The van der Waals surface area contributed by atoms with Gasteiger partial charge in [0.1, 0.15) is 5.75 Å². The highest BCUT2D eigenvalue weighted by Crippen LogP contribution is 2.28. The van der Waals surface area contributed by atoms with E-state index in [2.05, 4.69) is 15.8 Å². The van der Waals surface area contributed by atoms with Crippen molar-refractivity contribution in [2.75, 3.05) is 17.3 Å². The van der Waals surface area contributed by atoms with Gasteiger partial charge in [-0.25, -0.2) is 0 Å². The summed E-state index contributed by atoms with van der Waals surface area (Å²) >= 11 is 0. The average molecular weight is 295 g/mol. The molecule has 0 radical (unpaired) electrons. The average Bonchev–Trinajstić information content (AvgIpc) is 2.53. The van der Waals surface area contributed by atoms with Crippen LogP contribution in [-0.4, -0.2) is 18.2 Å². The predicted octanol–water partition coefficient (Wildman–Crippen LogP) is 3.16. The first-order valence-corrected chi connectivity index (χ1v) is 7.06. The molecule has 0 aromatic heterocycles. The van der Waals surface area contributed by atoms with E-state index in [1.165, 1.54) is 0 Å². The Balaban J connectivity index is 1.81. The van der Waals surface area contributed by atoms with Gasteiger partial charge in [0.05, 0.1) is 17.1 Å². The Morgan fingerprint density at radius 3 is 2.91 bits per heavy atom. The number of hydrogen-bond acceptors (Lipinski definition) is 4. The lowest BCUT2D eigenvalue weighted by atomic mass is 10.1. The maximum absolute atomic E-state index is 11.4. The summed E-state index contributed by atoms with van der Waals surface area (Å²) in [4.78, 5) is 11.4. The quantitative estimate of drug-likeness (QED) is 0.675.